The number of halogens is 1. The van der Waals surface area contributed by atoms with Gasteiger partial charge in [0.2, 0.25) is 0 Å². The molecule has 0 saturated heterocycles. The standard InChI is InChI=1S/C16H10FNO3S/c17-11-5-7-12(8-6-11)22(20,21)18-15-9-10-16(19)14-4-2-1-3-13(14)15/h1-10H/b18-15-. The van der Waals surface area contributed by atoms with Crippen molar-refractivity contribution in [3.63, 3.8) is 0 Å². The van der Waals surface area contributed by atoms with Crippen molar-refractivity contribution in [3.8, 4) is 0 Å². The lowest BCUT2D eigenvalue weighted by molar-refractivity contribution is 0.104. The molecule has 0 atom stereocenters. The van der Waals surface area contributed by atoms with Crippen molar-refractivity contribution in [1.82, 2.24) is 0 Å². The Kier molecular flexibility index (Phi) is 3.46. The number of carbonyl (C=O) groups excluding carboxylic acids is 1. The van der Waals surface area contributed by atoms with E-state index >= 15 is 0 Å². The van der Waals surface area contributed by atoms with Gasteiger partial charge in [0.1, 0.15) is 5.82 Å². The van der Waals surface area contributed by atoms with Crippen LogP contribution < -0.4 is 0 Å². The summed E-state index contributed by atoms with van der Waals surface area (Å²) in [5.41, 5.74) is 1.04. The minimum absolute atomic E-state index is 0.107. The number of hydrogen-bond acceptors (Lipinski definition) is 3. The first-order valence-corrected chi connectivity index (χ1v) is 7.84. The highest BCUT2D eigenvalue weighted by atomic mass is 32.2. The van der Waals surface area contributed by atoms with Gasteiger partial charge in [0, 0.05) is 11.1 Å². The zero-order valence-electron chi connectivity index (χ0n) is 11.2. The Hall–Kier alpha value is -2.60. The number of carbonyl (C=O) groups is 1. The zero-order chi connectivity index (χ0) is 15.7. The van der Waals surface area contributed by atoms with Crippen LogP contribution in [0.15, 0.2) is 70.0 Å². The lowest BCUT2D eigenvalue weighted by Crippen LogP contribution is -2.14. The maximum Gasteiger partial charge on any atom is 0.282 e. The predicted octanol–water partition coefficient (Wildman–Crippen LogP) is 2.76. The predicted molar refractivity (Wildman–Crippen MR) is 80.0 cm³/mol. The second kappa shape index (κ2) is 5.31. The highest BCUT2D eigenvalue weighted by Gasteiger charge is 2.20. The summed E-state index contributed by atoms with van der Waals surface area (Å²) in [6.07, 6.45) is 2.65. The van der Waals surface area contributed by atoms with E-state index in [0.717, 1.165) is 24.3 Å². The summed E-state index contributed by atoms with van der Waals surface area (Å²) >= 11 is 0. The highest BCUT2D eigenvalue weighted by Crippen LogP contribution is 2.20. The zero-order valence-corrected chi connectivity index (χ0v) is 12.0. The Morgan fingerprint density at radius 2 is 1.50 bits per heavy atom. The number of ketones is 1. The normalized spacial score (nSPS) is 15.9. The SMILES string of the molecule is O=C1C=C/C(=N/S(=O)(=O)c2ccc(F)cc2)c2ccccc21. The summed E-state index contributed by atoms with van der Waals surface area (Å²) in [6.45, 7) is 0. The van der Waals surface area contributed by atoms with Crippen LogP contribution in [0.2, 0.25) is 0 Å². The van der Waals surface area contributed by atoms with E-state index in [-0.39, 0.29) is 16.4 Å². The molecular weight excluding hydrogens is 305 g/mol. The van der Waals surface area contributed by atoms with Gasteiger partial charge in [-0.1, -0.05) is 24.3 Å². The van der Waals surface area contributed by atoms with Gasteiger partial charge >= 0.3 is 0 Å². The average molecular weight is 315 g/mol. The molecule has 0 bridgehead atoms. The van der Waals surface area contributed by atoms with Crippen molar-refractivity contribution >= 4 is 21.5 Å². The van der Waals surface area contributed by atoms with E-state index in [1.807, 2.05) is 0 Å². The topological polar surface area (TPSA) is 63.6 Å². The van der Waals surface area contributed by atoms with Crippen LogP contribution in [-0.4, -0.2) is 19.9 Å². The van der Waals surface area contributed by atoms with Crippen molar-refractivity contribution in [3.05, 3.63) is 77.6 Å². The largest absolute Gasteiger partial charge is 0.289 e. The van der Waals surface area contributed by atoms with Gasteiger partial charge in [0.15, 0.2) is 5.78 Å². The highest BCUT2D eigenvalue weighted by molar-refractivity contribution is 7.90. The summed E-state index contributed by atoms with van der Waals surface area (Å²) < 4.78 is 41.2. The quantitative estimate of drug-likeness (QED) is 0.856. The molecular formula is C16H10FNO3S. The molecule has 2 aromatic carbocycles. The first kappa shape index (κ1) is 14.3. The third kappa shape index (κ3) is 2.60. The van der Waals surface area contributed by atoms with Gasteiger partial charge in [-0.05, 0) is 36.4 Å². The van der Waals surface area contributed by atoms with E-state index in [2.05, 4.69) is 4.40 Å². The molecule has 22 heavy (non-hydrogen) atoms. The summed E-state index contributed by atoms with van der Waals surface area (Å²) in [4.78, 5) is 11.7. The molecule has 1 aliphatic rings. The maximum atomic E-state index is 12.9. The number of nitrogens with zero attached hydrogens (tertiary/aromatic N) is 1. The monoisotopic (exact) mass is 315 g/mol. The average Bonchev–Trinajstić information content (AvgIpc) is 2.51. The molecule has 110 valence electrons. The molecule has 0 aromatic heterocycles. The van der Waals surface area contributed by atoms with Gasteiger partial charge < -0.3 is 0 Å². The molecule has 0 saturated carbocycles. The number of sulfonamides is 1. The van der Waals surface area contributed by atoms with E-state index in [9.17, 15) is 17.6 Å². The number of allylic oxidation sites excluding steroid dienone is 2. The van der Waals surface area contributed by atoms with Crippen molar-refractivity contribution < 1.29 is 17.6 Å². The second-order valence-electron chi connectivity index (χ2n) is 4.65. The molecule has 1 aliphatic carbocycles. The lowest BCUT2D eigenvalue weighted by Gasteiger charge is -2.11. The van der Waals surface area contributed by atoms with Crippen molar-refractivity contribution in [2.75, 3.05) is 0 Å². The molecule has 0 N–H and O–H groups in total. The number of benzene rings is 2. The fourth-order valence-corrected chi connectivity index (χ4v) is 3.13. The Balaban J connectivity index is 2.10. The van der Waals surface area contributed by atoms with Crippen molar-refractivity contribution in [2.24, 2.45) is 4.40 Å². The lowest BCUT2D eigenvalue weighted by atomic mass is 9.95. The van der Waals surface area contributed by atoms with Crippen LogP contribution in [0, 0.1) is 5.82 Å². The van der Waals surface area contributed by atoms with E-state index in [0.29, 0.717) is 11.1 Å². The van der Waals surface area contributed by atoms with Gasteiger partial charge in [0.05, 0.1) is 10.6 Å². The van der Waals surface area contributed by atoms with Crippen molar-refractivity contribution in [2.45, 2.75) is 4.90 Å². The first-order chi connectivity index (χ1) is 10.5. The summed E-state index contributed by atoms with van der Waals surface area (Å²) in [6, 6.07) is 11.1. The molecule has 0 spiro atoms. The first-order valence-electron chi connectivity index (χ1n) is 6.40. The van der Waals surface area contributed by atoms with Gasteiger partial charge in [-0.2, -0.15) is 12.8 Å². The smallest absolute Gasteiger partial charge is 0.282 e. The van der Waals surface area contributed by atoms with Gasteiger partial charge in [-0.15, -0.1) is 0 Å². The number of fused-ring (bicyclic) bond motifs is 1. The second-order valence-corrected chi connectivity index (χ2v) is 6.25. The van der Waals surface area contributed by atoms with Crippen LogP contribution in [0.5, 0.6) is 0 Å². The van der Waals surface area contributed by atoms with Gasteiger partial charge in [0.25, 0.3) is 10.0 Å². The minimum Gasteiger partial charge on any atom is -0.289 e. The van der Waals surface area contributed by atoms with Crippen LogP contribution in [0.4, 0.5) is 4.39 Å². The third-order valence-electron chi connectivity index (χ3n) is 3.19. The summed E-state index contributed by atoms with van der Waals surface area (Å²) in [7, 11) is -3.98. The van der Waals surface area contributed by atoms with Crippen LogP contribution in [0.1, 0.15) is 15.9 Å². The minimum atomic E-state index is -3.98. The Morgan fingerprint density at radius 3 is 2.18 bits per heavy atom. The van der Waals surface area contributed by atoms with E-state index in [1.54, 1.807) is 24.3 Å². The van der Waals surface area contributed by atoms with E-state index in [4.69, 9.17) is 0 Å². The Bertz CT molecular complexity index is 913. The Labute approximate surface area is 126 Å². The molecule has 0 amide bonds. The number of rotatable bonds is 2. The van der Waals surface area contributed by atoms with Gasteiger partial charge in [-0.25, -0.2) is 4.39 Å². The molecule has 0 unspecified atom stereocenters. The summed E-state index contributed by atoms with van der Waals surface area (Å²) in [5, 5.41) is 0. The fraction of sp³-hybridized carbons (Fsp3) is 0. The van der Waals surface area contributed by atoms with E-state index in [1.165, 1.54) is 12.2 Å². The number of hydrogen-bond donors (Lipinski definition) is 0. The molecule has 2 aromatic rings. The Morgan fingerprint density at radius 1 is 0.864 bits per heavy atom. The molecule has 4 nitrogen and oxygen atoms in total. The molecule has 0 fully saturated rings. The van der Waals surface area contributed by atoms with E-state index < -0.39 is 15.8 Å². The third-order valence-corrected chi connectivity index (χ3v) is 4.50. The fourth-order valence-electron chi connectivity index (χ4n) is 2.12. The molecule has 0 heterocycles. The van der Waals surface area contributed by atoms with Crippen LogP contribution in [0.25, 0.3) is 0 Å². The maximum absolute atomic E-state index is 12.9. The van der Waals surface area contributed by atoms with Gasteiger partial charge in [-0.3, -0.25) is 4.79 Å². The van der Waals surface area contributed by atoms with Crippen LogP contribution in [0.3, 0.4) is 0 Å². The molecule has 0 aliphatic heterocycles. The molecule has 3 rings (SSSR count). The molecule has 6 heteroatoms. The van der Waals surface area contributed by atoms with Crippen LogP contribution >= 0.6 is 0 Å². The molecule has 0 radical (unpaired) electrons. The van der Waals surface area contributed by atoms with Crippen molar-refractivity contribution in [1.29, 1.82) is 0 Å². The van der Waals surface area contributed by atoms with Crippen LogP contribution in [-0.2, 0) is 10.0 Å². The summed E-state index contributed by atoms with van der Waals surface area (Å²) in [5.74, 6) is -0.728.